The van der Waals surface area contributed by atoms with Crippen molar-refractivity contribution in [1.29, 1.82) is 0 Å². The number of hydrogen-bond donors (Lipinski definition) is 3. The molecule has 1 atom stereocenters. The first-order valence-electron chi connectivity index (χ1n) is 10.6. The standard InChI is InChI=1S/C20H38N4O6/c1-15(2)17-11-22(13-19(27)28)6-5-21(12-18(25)26)7-8-23(16(3)4)9-10-24(17)14-20(29)30/h15-17H,5-14H2,1-4H3,(H,25,26)(H,27,28)(H,29,30). The van der Waals surface area contributed by atoms with E-state index < -0.39 is 17.9 Å². The van der Waals surface area contributed by atoms with Crippen LogP contribution in [0.3, 0.4) is 0 Å². The van der Waals surface area contributed by atoms with Crippen LogP contribution < -0.4 is 0 Å². The van der Waals surface area contributed by atoms with Crippen LogP contribution in [0.4, 0.5) is 0 Å². The van der Waals surface area contributed by atoms with Crippen molar-refractivity contribution in [2.45, 2.75) is 39.8 Å². The van der Waals surface area contributed by atoms with Crippen LogP contribution in [0.5, 0.6) is 0 Å². The van der Waals surface area contributed by atoms with Gasteiger partial charge in [-0.1, -0.05) is 13.8 Å². The van der Waals surface area contributed by atoms with Crippen LogP contribution in [-0.4, -0.2) is 130 Å². The Balaban J connectivity index is 3.16. The van der Waals surface area contributed by atoms with Crippen LogP contribution in [0, 0.1) is 5.92 Å². The summed E-state index contributed by atoms with van der Waals surface area (Å²) in [6.45, 7) is 11.5. The third-order valence-electron chi connectivity index (χ3n) is 5.58. The van der Waals surface area contributed by atoms with Crippen LogP contribution in [0.15, 0.2) is 0 Å². The summed E-state index contributed by atoms with van der Waals surface area (Å²) in [4.78, 5) is 42.0. The van der Waals surface area contributed by atoms with Gasteiger partial charge in [0, 0.05) is 57.9 Å². The molecule has 0 bridgehead atoms. The largest absolute Gasteiger partial charge is 0.480 e. The smallest absolute Gasteiger partial charge is 0.317 e. The quantitative estimate of drug-likeness (QED) is 0.480. The van der Waals surface area contributed by atoms with Gasteiger partial charge in [-0.25, -0.2) is 0 Å². The minimum atomic E-state index is -0.954. The Hall–Kier alpha value is -1.75. The average Bonchev–Trinajstić information content (AvgIpc) is 2.59. The summed E-state index contributed by atoms with van der Waals surface area (Å²) >= 11 is 0. The van der Waals surface area contributed by atoms with Gasteiger partial charge in [-0.2, -0.15) is 0 Å². The molecule has 1 aliphatic rings. The Morgan fingerprint density at radius 1 is 0.733 bits per heavy atom. The first-order chi connectivity index (χ1) is 14.0. The minimum Gasteiger partial charge on any atom is -0.480 e. The maximum atomic E-state index is 11.5. The summed E-state index contributed by atoms with van der Waals surface area (Å²) in [6, 6.07) is 0.120. The van der Waals surface area contributed by atoms with Crippen LogP contribution in [0.25, 0.3) is 0 Å². The van der Waals surface area contributed by atoms with E-state index in [1.807, 2.05) is 23.6 Å². The number of rotatable bonds is 8. The van der Waals surface area contributed by atoms with E-state index in [-0.39, 0.29) is 37.6 Å². The first kappa shape index (κ1) is 26.3. The molecule has 1 fully saturated rings. The van der Waals surface area contributed by atoms with E-state index in [1.54, 1.807) is 4.90 Å². The highest BCUT2D eigenvalue weighted by atomic mass is 16.4. The predicted molar refractivity (Wildman–Crippen MR) is 113 cm³/mol. The zero-order valence-electron chi connectivity index (χ0n) is 18.7. The molecule has 3 N–H and O–H groups in total. The monoisotopic (exact) mass is 430 g/mol. The van der Waals surface area contributed by atoms with E-state index in [0.29, 0.717) is 45.8 Å². The summed E-state index contributed by atoms with van der Waals surface area (Å²) in [5, 5.41) is 28.0. The molecule has 1 aliphatic heterocycles. The zero-order chi connectivity index (χ0) is 22.8. The fraction of sp³-hybridized carbons (Fsp3) is 0.850. The molecule has 10 nitrogen and oxygen atoms in total. The van der Waals surface area contributed by atoms with E-state index in [2.05, 4.69) is 18.7 Å². The summed E-state index contributed by atoms with van der Waals surface area (Å²) in [5.41, 5.74) is 0. The highest BCUT2D eigenvalue weighted by Gasteiger charge is 2.28. The van der Waals surface area contributed by atoms with Crippen LogP contribution in [-0.2, 0) is 14.4 Å². The SMILES string of the molecule is CC(C)C1CN(CC(=O)O)CCN(CC(=O)O)CCN(C(C)C)CCN1CC(=O)O. The predicted octanol–water partition coefficient (Wildman–Crippen LogP) is -0.105. The van der Waals surface area contributed by atoms with Crippen molar-refractivity contribution in [2.24, 2.45) is 5.92 Å². The Morgan fingerprint density at radius 3 is 1.70 bits per heavy atom. The Bertz CT molecular complexity index is 571. The average molecular weight is 431 g/mol. The summed E-state index contributed by atoms with van der Waals surface area (Å²) in [7, 11) is 0. The van der Waals surface area contributed by atoms with Gasteiger partial charge in [-0.3, -0.25) is 34.0 Å². The van der Waals surface area contributed by atoms with E-state index >= 15 is 0 Å². The lowest BCUT2D eigenvalue weighted by Crippen LogP contribution is -2.54. The molecule has 1 unspecified atom stereocenters. The minimum absolute atomic E-state index is 0.0917. The second kappa shape index (κ2) is 12.8. The molecule has 0 aromatic rings. The summed E-state index contributed by atoms with van der Waals surface area (Å²) < 4.78 is 0. The lowest BCUT2D eigenvalue weighted by Gasteiger charge is -2.40. The normalized spacial score (nSPS) is 22.0. The van der Waals surface area contributed by atoms with Gasteiger partial charge in [-0.05, 0) is 19.8 Å². The molecule has 0 amide bonds. The van der Waals surface area contributed by atoms with E-state index in [9.17, 15) is 29.7 Å². The van der Waals surface area contributed by atoms with Gasteiger partial charge in [0.2, 0.25) is 0 Å². The molecule has 0 aliphatic carbocycles. The van der Waals surface area contributed by atoms with Gasteiger partial charge in [0.25, 0.3) is 0 Å². The van der Waals surface area contributed by atoms with Crippen molar-refractivity contribution in [3.05, 3.63) is 0 Å². The van der Waals surface area contributed by atoms with Crippen molar-refractivity contribution in [2.75, 3.05) is 65.4 Å². The van der Waals surface area contributed by atoms with Gasteiger partial charge in [0.15, 0.2) is 0 Å². The molecule has 0 aromatic carbocycles. The van der Waals surface area contributed by atoms with E-state index in [4.69, 9.17) is 0 Å². The van der Waals surface area contributed by atoms with Crippen molar-refractivity contribution in [3.8, 4) is 0 Å². The van der Waals surface area contributed by atoms with Crippen molar-refractivity contribution in [1.82, 2.24) is 19.6 Å². The summed E-state index contributed by atoms with van der Waals surface area (Å²) in [6.07, 6.45) is 0. The molecular weight excluding hydrogens is 392 g/mol. The Kier molecular flexibility index (Phi) is 11.2. The molecule has 30 heavy (non-hydrogen) atoms. The fourth-order valence-electron chi connectivity index (χ4n) is 3.87. The molecule has 0 spiro atoms. The molecular formula is C20H38N4O6. The molecule has 0 saturated carbocycles. The van der Waals surface area contributed by atoms with Crippen molar-refractivity contribution < 1.29 is 29.7 Å². The number of carboxylic acid groups (broad SMARTS) is 3. The highest BCUT2D eigenvalue weighted by molar-refractivity contribution is 5.70. The molecule has 0 radical (unpaired) electrons. The number of nitrogens with zero attached hydrogens (tertiary/aromatic N) is 4. The summed E-state index contributed by atoms with van der Waals surface area (Å²) in [5.74, 6) is -2.63. The molecule has 0 aromatic heterocycles. The number of aliphatic carboxylic acids is 3. The van der Waals surface area contributed by atoms with Crippen LogP contribution >= 0.6 is 0 Å². The molecule has 174 valence electrons. The molecule has 10 heteroatoms. The number of hydrogen-bond acceptors (Lipinski definition) is 7. The van der Waals surface area contributed by atoms with Gasteiger partial charge in [0.1, 0.15) is 0 Å². The first-order valence-corrected chi connectivity index (χ1v) is 10.6. The maximum Gasteiger partial charge on any atom is 0.317 e. The zero-order valence-corrected chi connectivity index (χ0v) is 18.7. The highest BCUT2D eigenvalue weighted by Crippen LogP contribution is 2.15. The van der Waals surface area contributed by atoms with Gasteiger partial charge in [0.05, 0.1) is 19.6 Å². The molecule has 1 saturated heterocycles. The second-order valence-electron chi connectivity index (χ2n) is 8.60. The lowest BCUT2D eigenvalue weighted by molar-refractivity contribution is -0.141. The van der Waals surface area contributed by atoms with Gasteiger partial charge >= 0.3 is 17.9 Å². The molecule has 1 heterocycles. The topological polar surface area (TPSA) is 125 Å². The Labute approximate surface area is 179 Å². The van der Waals surface area contributed by atoms with Gasteiger partial charge in [-0.15, -0.1) is 0 Å². The van der Waals surface area contributed by atoms with Crippen molar-refractivity contribution >= 4 is 17.9 Å². The third-order valence-corrected chi connectivity index (χ3v) is 5.58. The maximum absolute atomic E-state index is 11.5. The van der Waals surface area contributed by atoms with Gasteiger partial charge < -0.3 is 15.3 Å². The lowest BCUT2D eigenvalue weighted by atomic mass is 10.0. The third kappa shape index (κ3) is 9.84. The van der Waals surface area contributed by atoms with Crippen LogP contribution in [0.2, 0.25) is 0 Å². The number of carbonyl (C=O) groups is 3. The number of carboxylic acids is 3. The Morgan fingerprint density at radius 2 is 1.20 bits per heavy atom. The fourth-order valence-corrected chi connectivity index (χ4v) is 3.87. The van der Waals surface area contributed by atoms with E-state index in [0.717, 1.165) is 0 Å². The second-order valence-corrected chi connectivity index (χ2v) is 8.60. The van der Waals surface area contributed by atoms with E-state index in [1.165, 1.54) is 0 Å². The molecule has 1 rings (SSSR count). The van der Waals surface area contributed by atoms with Crippen LogP contribution in [0.1, 0.15) is 27.7 Å². The van der Waals surface area contributed by atoms with Crippen molar-refractivity contribution in [3.63, 3.8) is 0 Å².